The molecule has 2 aliphatic rings. The fraction of sp³-hybridized carbons (Fsp3) is 0.391. The summed E-state index contributed by atoms with van der Waals surface area (Å²) in [6.45, 7) is 1.39. The first-order chi connectivity index (χ1) is 13.8. The van der Waals surface area contributed by atoms with Crippen molar-refractivity contribution in [3.05, 3.63) is 69.7 Å². The second kappa shape index (κ2) is 7.47. The van der Waals surface area contributed by atoms with E-state index in [1.165, 1.54) is 18.4 Å². The van der Waals surface area contributed by atoms with Gasteiger partial charge < -0.3 is 15.5 Å². The molecule has 1 aliphatic heterocycles. The number of halogens is 1. The number of primary amides is 1. The van der Waals surface area contributed by atoms with Crippen LogP contribution in [0.25, 0.3) is 0 Å². The summed E-state index contributed by atoms with van der Waals surface area (Å²) in [7, 11) is 4.19. The zero-order chi connectivity index (χ0) is 20.8. The van der Waals surface area contributed by atoms with E-state index < -0.39 is 11.9 Å². The Hall–Kier alpha value is -2.37. The van der Waals surface area contributed by atoms with Gasteiger partial charge in [0, 0.05) is 17.1 Å². The van der Waals surface area contributed by atoms with Crippen molar-refractivity contribution < 1.29 is 9.59 Å². The number of carbonyl (C=O) groups excluding carboxylic acids is 2. The van der Waals surface area contributed by atoms with Crippen LogP contribution in [0, 0.1) is 0 Å². The Bertz CT molecular complexity index is 968. The highest BCUT2D eigenvalue weighted by Crippen LogP contribution is 2.51. The van der Waals surface area contributed by atoms with Crippen molar-refractivity contribution in [2.24, 2.45) is 5.73 Å². The van der Waals surface area contributed by atoms with E-state index in [2.05, 4.69) is 31.1 Å². The first-order valence-electron chi connectivity index (χ1n) is 9.95. The normalized spacial score (nSPS) is 19.5. The second-order valence-corrected chi connectivity index (χ2v) is 8.94. The maximum absolute atomic E-state index is 13.0. The summed E-state index contributed by atoms with van der Waals surface area (Å²) in [5, 5.41) is 0.489. The van der Waals surface area contributed by atoms with Crippen molar-refractivity contribution in [3.8, 4) is 0 Å². The lowest BCUT2D eigenvalue weighted by atomic mass is 9.91. The van der Waals surface area contributed by atoms with E-state index in [-0.39, 0.29) is 11.3 Å². The summed E-state index contributed by atoms with van der Waals surface area (Å²) in [6.07, 6.45) is 3.52. The predicted octanol–water partition coefficient (Wildman–Crippen LogP) is 3.51. The van der Waals surface area contributed by atoms with Crippen molar-refractivity contribution >= 4 is 23.4 Å². The zero-order valence-corrected chi connectivity index (χ0v) is 17.6. The molecule has 0 spiro atoms. The highest BCUT2D eigenvalue weighted by molar-refractivity contribution is 6.31. The predicted molar refractivity (Wildman–Crippen MR) is 114 cm³/mol. The average molecular weight is 412 g/mol. The molecule has 2 amide bonds. The van der Waals surface area contributed by atoms with Crippen LogP contribution in [-0.2, 0) is 16.8 Å². The van der Waals surface area contributed by atoms with Gasteiger partial charge in [0.25, 0.3) is 5.91 Å². The quantitative estimate of drug-likeness (QED) is 0.758. The third kappa shape index (κ3) is 3.77. The fourth-order valence-corrected chi connectivity index (χ4v) is 4.51. The fourth-order valence-electron chi connectivity index (χ4n) is 4.33. The van der Waals surface area contributed by atoms with Crippen LogP contribution >= 0.6 is 11.6 Å². The molecule has 0 saturated heterocycles. The molecule has 2 N–H and O–H groups in total. The molecule has 1 unspecified atom stereocenters. The molecular weight excluding hydrogens is 386 g/mol. The molecule has 6 heteroatoms. The SMILES string of the molecule is CN(C)CCC1(c2cccc(CN3C(=O)c4ccc(Cl)cc4C3C(N)=O)c2)CC1. The van der Waals surface area contributed by atoms with Gasteiger partial charge in [-0.3, -0.25) is 9.59 Å². The molecule has 1 heterocycles. The number of hydrogen-bond acceptors (Lipinski definition) is 3. The number of nitrogens with two attached hydrogens (primary N) is 1. The van der Waals surface area contributed by atoms with Crippen LogP contribution < -0.4 is 5.73 Å². The van der Waals surface area contributed by atoms with Crippen LogP contribution in [0.3, 0.4) is 0 Å². The van der Waals surface area contributed by atoms with Crippen LogP contribution in [0.15, 0.2) is 42.5 Å². The van der Waals surface area contributed by atoms with Gasteiger partial charge in [0.2, 0.25) is 5.91 Å². The van der Waals surface area contributed by atoms with Gasteiger partial charge in [0.15, 0.2) is 0 Å². The van der Waals surface area contributed by atoms with Crippen molar-refractivity contribution in [1.82, 2.24) is 9.80 Å². The summed E-state index contributed by atoms with van der Waals surface area (Å²) in [5.41, 5.74) is 9.33. The van der Waals surface area contributed by atoms with Gasteiger partial charge in [-0.15, -0.1) is 0 Å². The van der Waals surface area contributed by atoms with Gasteiger partial charge in [-0.05, 0) is 80.2 Å². The molecule has 0 radical (unpaired) electrons. The molecule has 29 heavy (non-hydrogen) atoms. The monoisotopic (exact) mass is 411 g/mol. The molecule has 152 valence electrons. The number of carbonyl (C=O) groups is 2. The van der Waals surface area contributed by atoms with Crippen LogP contribution in [0.2, 0.25) is 5.02 Å². The van der Waals surface area contributed by atoms with Gasteiger partial charge in [0.05, 0.1) is 0 Å². The Morgan fingerprint density at radius 2 is 2.00 bits per heavy atom. The number of benzene rings is 2. The molecule has 1 atom stereocenters. The van der Waals surface area contributed by atoms with Crippen LogP contribution in [0.4, 0.5) is 0 Å². The van der Waals surface area contributed by atoms with E-state index in [1.54, 1.807) is 23.1 Å². The summed E-state index contributed by atoms with van der Waals surface area (Å²) >= 11 is 6.09. The minimum absolute atomic E-state index is 0.181. The molecule has 0 bridgehead atoms. The van der Waals surface area contributed by atoms with Crippen LogP contribution in [0.5, 0.6) is 0 Å². The number of amides is 2. The second-order valence-electron chi connectivity index (χ2n) is 8.50. The Balaban J connectivity index is 1.60. The molecule has 1 aliphatic carbocycles. The smallest absolute Gasteiger partial charge is 0.255 e. The molecule has 0 aromatic heterocycles. The minimum Gasteiger partial charge on any atom is -0.368 e. The third-order valence-corrected chi connectivity index (χ3v) is 6.40. The first kappa shape index (κ1) is 19.9. The van der Waals surface area contributed by atoms with Gasteiger partial charge in [-0.25, -0.2) is 0 Å². The summed E-state index contributed by atoms with van der Waals surface area (Å²) in [4.78, 5) is 28.9. The molecule has 2 aromatic carbocycles. The topological polar surface area (TPSA) is 66.6 Å². The maximum atomic E-state index is 13.0. The largest absolute Gasteiger partial charge is 0.368 e. The van der Waals surface area contributed by atoms with Crippen molar-refractivity contribution in [2.45, 2.75) is 37.3 Å². The van der Waals surface area contributed by atoms with E-state index >= 15 is 0 Å². The van der Waals surface area contributed by atoms with Gasteiger partial charge in [-0.2, -0.15) is 0 Å². The number of rotatable bonds is 7. The van der Waals surface area contributed by atoms with E-state index in [0.717, 1.165) is 18.5 Å². The number of hydrogen-bond donors (Lipinski definition) is 1. The third-order valence-electron chi connectivity index (χ3n) is 6.16. The van der Waals surface area contributed by atoms with Crippen molar-refractivity contribution in [1.29, 1.82) is 0 Å². The minimum atomic E-state index is -0.788. The molecule has 5 nitrogen and oxygen atoms in total. The molecule has 1 saturated carbocycles. The molecule has 2 aromatic rings. The Kier molecular flexibility index (Phi) is 5.13. The van der Waals surface area contributed by atoms with Crippen molar-refractivity contribution in [2.75, 3.05) is 20.6 Å². The van der Waals surface area contributed by atoms with E-state index in [9.17, 15) is 9.59 Å². The summed E-state index contributed by atoms with van der Waals surface area (Å²) in [5.74, 6) is -0.722. The molecular formula is C23H26ClN3O2. The zero-order valence-electron chi connectivity index (χ0n) is 16.8. The van der Waals surface area contributed by atoms with Gasteiger partial charge in [0.1, 0.15) is 6.04 Å². The molecule has 1 fully saturated rings. The van der Waals surface area contributed by atoms with Crippen LogP contribution in [0.1, 0.15) is 52.4 Å². The lowest BCUT2D eigenvalue weighted by Crippen LogP contribution is -2.35. The highest BCUT2D eigenvalue weighted by Gasteiger charge is 2.44. The lowest BCUT2D eigenvalue weighted by molar-refractivity contribution is -0.122. The Labute approximate surface area is 176 Å². The van der Waals surface area contributed by atoms with Gasteiger partial charge >= 0.3 is 0 Å². The number of nitrogens with zero attached hydrogens (tertiary/aromatic N) is 2. The van der Waals surface area contributed by atoms with E-state index in [1.807, 2.05) is 12.1 Å². The van der Waals surface area contributed by atoms with Crippen LogP contribution in [-0.4, -0.2) is 42.3 Å². The summed E-state index contributed by atoms with van der Waals surface area (Å²) < 4.78 is 0. The molecule has 4 rings (SSSR count). The standard InChI is InChI=1S/C23H26ClN3O2/c1-26(2)11-10-23(8-9-23)16-5-3-4-15(12-16)14-27-20(21(25)28)19-13-17(24)6-7-18(19)22(27)29/h3-7,12-13,20H,8-11,14H2,1-2H3,(H2,25,28). The maximum Gasteiger partial charge on any atom is 0.255 e. The van der Waals surface area contributed by atoms with E-state index in [4.69, 9.17) is 17.3 Å². The lowest BCUT2D eigenvalue weighted by Gasteiger charge is -2.24. The van der Waals surface area contributed by atoms with Gasteiger partial charge in [-0.1, -0.05) is 35.9 Å². The summed E-state index contributed by atoms with van der Waals surface area (Å²) in [6, 6.07) is 12.6. The Morgan fingerprint density at radius 3 is 2.66 bits per heavy atom. The van der Waals surface area contributed by atoms with E-state index in [0.29, 0.717) is 22.7 Å². The number of fused-ring (bicyclic) bond motifs is 1. The Morgan fingerprint density at radius 1 is 1.24 bits per heavy atom. The average Bonchev–Trinajstić information content (AvgIpc) is 3.42. The first-order valence-corrected chi connectivity index (χ1v) is 10.3. The highest BCUT2D eigenvalue weighted by atomic mass is 35.5. The van der Waals surface area contributed by atoms with Crippen molar-refractivity contribution in [3.63, 3.8) is 0 Å².